The molecule has 0 saturated carbocycles. The number of pyridine rings is 1. The molecule has 6 rings (SSSR count). The highest BCUT2D eigenvalue weighted by Gasteiger charge is 2.53. The first kappa shape index (κ1) is 16.2. The van der Waals surface area contributed by atoms with Crippen molar-refractivity contribution in [2.24, 2.45) is 5.41 Å². The first-order chi connectivity index (χ1) is 13.1. The number of fused-ring (bicyclic) bond motifs is 1. The molecule has 134 valence electrons. The van der Waals surface area contributed by atoms with E-state index < -0.39 is 5.41 Å². The minimum Gasteiger partial charge on any atom is -0.310 e. The van der Waals surface area contributed by atoms with E-state index in [9.17, 15) is 4.79 Å². The van der Waals surface area contributed by atoms with Gasteiger partial charge in [-0.1, -0.05) is 48.5 Å². The van der Waals surface area contributed by atoms with Crippen LogP contribution in [0.3, 0.4) is 0 Å². The number of anilines is 1. The van der Waals surface area contributed by atoms with Gasteiger partial charge in [-0.3, -0.25) is 4.79 Å². The maximum atomic E-state index is 13.5. The molecule has 27 heavy (non-hydrogen) atoms. The van der Waals surface area contributed by atoms with Crippen molar-refractivity contribution in [3.8, 4) is 0 Å². The minimum atomic E-state index is -0.501. The van der Waals surface area contributed by atoms with E-state index in [1.807, 2.05) is 19.1 Å². The maximum absolute atomic E-state index is 13.5. The molecule has 2 bridgehead atoms. The quantitative estimate of drug-likeness (QED) is 0.702. The third-order valence-corrected chi connectivity index (χ3v) is 6.31. The number of aryl methyl sites for hydroxylation is 1. The Balaban J connectivity index is 1.61. The molecule has 1 unspecified atom stereocenters. The summed E-state index contributed by atoms with van der Waals surface area (Å²) in [7, 11) is 0. The summed E-state index contributed by atoms with van der Waals surface area (Å²) in [6.07, 6.45) is 2.56. The van der Waals surface area contributed by atoms with Crippen molar-refractivity contribution in [1.29, 1.82) is 0 Å². The number of amides is 1. The van der Waals surface area contributed by atoms with Gasteiger partial charge in [-0.05, 0) is 60.2 Å². The van der Waals surface area contributed by atoms with Crippen LogP contribution in [0.5, 0.6) is 0 Å². The molecule has 3 aliphatic carbocycles. The molecule has 1 aromatic heterocycles. The summed E-state index contributed by atoms with van der Waals surface area (Å²) >= 11 is 0. The summed E-state index contributed by atoms with van der Waals surface area (Å²) in [6, 6.07) is 21.1. The molecule has 0 fully saturated rings. The van der Waals surface area contributed by atoms with Gasteiger partial charge in [-0.15, -0.1) is 0 Å². The van der Waals surface area contributed by atoms with E-state index in [4.69, 9.17) is 0 Å². The zero-order chi connectivity index (χ0) is 18.6. The topological polar surface area (TPSA) is 42.0 Å². The Morgan fingerprint density at radius 3 is 2.19 bits per heavy atom. The highest BCUT2D eigenvalue weighted by molar-refractivity contribution is 5.96. The second kappa shape index (κ2) is 5.78. The lowest BCUT2D eigenvalue weighted by Crippen LogP contribution is -2.47. The van der Waals surface area contributed by atoms with Crippen molar-refractivity contribution >= 4 is 11.7 Å². The predicted octanol–water partition coefficient (Wildman–Crippen LogP) is 5.02. The van der Waals surface area contributed by atoms with Crippen LogP contribution in [0.4, 0.5) is 5.82 Å². The molecular formula is C24H22N2O. The molecule has 1 atom stereocenters. The normalized spacial score (nSPS) is 24.8. The molecule has 0 saturated heterocycles. The summed E-state index contributed by atoms with van der Waals surface area (Å²) in [4.78, 5) is 17.8. The number of carbonyl (C=O) groups is 1. The zero-order valence-corrected chi connectivity index (χ0v) is 15.6. The lowest BCUT2D eigenvalue weighted by Gasteiger charge is -2.50. The van der Waals surface area contributed by atoms with Crippen molar-refractivity contribution in [1.82, 2.24) is 4.98 Å². The Bertz CT molecular complexity index is 1010. The fraction of sp³-hybridized carbons (Fsp3) is 0.250. The average Bonchev–Trinajstić information content (AvgIpc) is 2.68. The standard InChI is InChI=1S/C24H22N2O/c1-15-11-12-25-21(13-15)26-23(27)24(2)14-20-16-7-3-5-9-18(16)22(24)19-10-6-4-8-17(19)20/h3-13,20,22H,14H2,1-2H3,(H,25,26,27). The van der Waals surface area contributed by atoms with Crippen LogP contribution in [-0.2, 0) is 4.79 Å². The van der Waals surface area contributed by atoms with Crippen molar-refractivity contribution < 1.29 is 4.79 Å². The molecule has 3 nitrogen and oxygen atoms in total. The molecule has 0 radical (unpaired) electrons. The number of benzene rings is 2. The van der Waals surface area contributed by atoms with Gasteiger partial charge in [0.1, 0.15) is 5.82 Å². The van der Waals surface area contributed by atoms with Crippen molar-refractivity contribution in [3.63, 3.8) is 0 Å². The molecule has 1 N–H and O–H groups in total. The molecular weight excluding hydrogens is 332 g/mol. The van der Waals surface area contributed by atoms with Gasteiger partial charge in [-0.25, -0.2) is 4.98 Å². The number of nitrogens with one attached hydrogen (secondary N) is 1. The molecule has 1 amide bonds. The third-order valence-electron chi connectivity index (χ3n) is 6.31. The van der Waals surface area contributed by atoms with Crippen molar-refractivity contribution in [3.05, 3.63) is 94.7 Å². The second-order valence-corrected chi connectivity index (χ2v) is 8.04. The van der Waals surface area contributed by atoms with Gasteiger partial charge in [0.25, 0.3) is 0 Å². The van der Waals surface area contributed by atoms with E-state index in [0.29, 0.717) is 5.82 Å². The summed E-state index contributed by atoms with van der Waals surface area (Å²) in [5.74, 6) is 1.02. The SMILES string of the molecule is Cc1ccnc(NC(=O)C2(C)CC3c4ccccc4C2c2ccccc23)c1. The number of hydrogen-bond acceptors (Lipinski definition) is 2. The van der Waals surface area contributed by atoms with E-state index in [0.717, 1.165) is 12.0 Å². The van der Waals surface area contributed by atoms with Gasteiger partial charge in [0.15, 0.2) is 0 Å². The highest BCUT2D eigenvalue weighted by atomic mass is 16.2. The van der Waals surface area contributed by atoms with Gasteiger partial charge in [-0.2, -0.15) is 0 Å². The average molecular weight is 354 g/mol. The number of carbonyl (C=O) groups excluding carboxylic acids is 1. The summed E-state index contributed by atoms with van der Waals surface area (Å²) in [5, 5.41) is 3.09. The van der Waals surface area contributed by atoms with Gasteiger partial charge in [0.2, 0.25) is 5.91 Å². The Labute approximate surface area is 159 Å². The van der Waals surface area contributed by atoms with Gasteiger partial charge in [0, 0.05) is 18.0 Å². The summed E-state index contributed by atoms with van der Waals surface area (Å²) in [5.41, 5.74) is 5.93. The van der Waals surface area contributed by atoms with Crippen LogP contribution >= 0.6 is 0 Å². The smallest absolute Gasteiger partial charge is 0.232 e. The van der Waals surface area contributed by atoms with E-state index in [-0.39, 0.29) is 17.7 Å². The van der Waals surface area contributed by atoms with E-state index in [1.165, 1.54) is 22.3 Å². The van der Waals surface area contributed by atoms with Crippen molar-refractivity contribution in [2.45, 2.75) is 32.1 Å². The first-order valence-corrected chi connectivity index (χ1v) is 9.50. The van der Waals surface area contributed by atoms with Crippen LogP contribution in [0.1, 0.15) is 53.0 Å². The van der Waals surface area contributed by atoms with E-state index >= 15 is 0 Å². The number of hydrogen-bond donors (Lipinski definition) is 1. The minimum absolute atomic E-state index is 0.0552. The highest BCUT2D eigenvalue weighted by Crippen LogP contribution is 2.61. The van der Waals surface area contributed by atoms with Crippen LogP contribution in [0.25, 0.3) is 0 Å². The Morgan fingerprint density at radius 1 is 1.00 bits per heavy atom. The molecule has 3 heteroatoms. The summed E-state index contributed by atoms with van der Waals surface area (Å²) in [6.45, 7) is 4.12. The number of nitrogens with zero attached hydrogens (tertiary/aromatic N) is 1. The largest absolute Gasteiger partial charge is 0.310 e. The Morgan fingerprint density at radius 2 is 1.59 bits per heavy atom. The monoisotopic (exact) mass is 354 g/mol. The fourth-order valence-electron chi connectivity index (χ4n) is 5.05. The Kier molecular flexibility index (Phi) is 3.48. The maximum Gasteiger partial charge on any atom is 0.232 e. The zero-order valence-electron chi connectivity index (χ0n) is 15.6. The number of rotatable bonds is 2. The fourth-order valence-corrected chi connectivity index (χ4v) is 5.05. The van der Waals surface area contributed by atoms with E-state index in [2.05, 4.69) is 65.8 Å². The molecule has 1 heterocycles. The van der Waals surface area contributed by atoms with Gasteiger partial charge >= 0.3 is 0 Å². The van der Waals surface area contributed by atoms with Crippen LogP contribution < -0.4 is 5.32 Å². The molecule has 3 aromatic rings. The molecule has 2 aromatic carbocycles. The van der Waals surface area contributed by atoms with Crippen LogP contribution in [0.2, 0.25) is 0 Å². The summed E-state index contributed by atoms with van der Waals surface area (Å²) < 4.78 is 0. The first-order valence-electron chi connectivity index (χ1n) is 9.50. The number of aromatic nitrogens is 1. The third kappa shape index (κ3) is 2.34. The van der Waals surface area contributed by atoms with Gasteiger partial charge in [0.05, 0.1) is 5.41 Å². The molecule has 0 aliphatic heterocycles. The lowest BCUT2D eigenvalue weighted by atomic mass is 9.52. The van der Waals surface area contributed by atoms with Crippen molar-refractivity contribution in [2.75, 3.05) is 5.32 Å². The molecule has 0 spiro atoms. The van der Waals surface area contributed by atoms with Crippen LogP contribution in [0, 0.1) is 12.3 Å². The van der Waals surface area contributed by atoms with Crippen LogP contribution in [0.15, 0.2) is 66.9 Å². The molecule has 3 aliphatic rings. The predicted molar refractivity (Wildman–Crippen MR) is 107 cm³/mol. The lowest BCUT2D eigenvalue weighted by molar-refractivity contribution is -0.126. The van der Waals surface area contributed by atoms with Gasteiger partial charge < -0.3 is 5.32 Å². The van der Waals surface area contributed by atoms with Crippen LogP contribution in [-0.4, -0.2) is 10.9 Å². The second-order valence-electron chi connectivity index (χ2n) is 8.04. The van der Waals surface area contributed by atoms with E-state index in [1.54, 1.807) is 6.20 Å². The Hall–Kier alpha value is -2.94.